The van der Waals surface area contributed by atoms with Crippen LogP contribution in [0.4, 0.5) is 0 Å². The maximum atomic E-state index is 5.91. The molecule has 1 atom stereocenters. The summed E-state index contributed by atoms with van der Waals surface area (Å²) in [5.41, 5.74) is 0.882. The van der Waals surface area contributed by atoms with E-state index in [9.17, 15) is 0 Å². The van der Waals surface area contributed by atoms with Gasteiger partial charge in [-0.05, 0) is 13.0 Å². The van der Waals surface area contributed by atoms with Gasteiger partial charge in [-0.2, -0.15) is 0 Å². The van der Waals surface area contributed by atoms with Crippen molar-refractivity contribution in [1.82, 2.24) is 9.97 Å². The van der Waals surface area contributed by atoms with E-state index in [2.05, 4.69) is 30.7 Å². The summed E-state index contributed by atoms with van der Waals surface area (Å²) in [6, 6.07) is 1.78. The fraction of sp³-hybridized carbons (Fsp3) is 0.600. The number of hydrogen-bond donors (Lipinski definition) is 0. The van der Waals surface area contributed by atoms with Crippen LogP contribution in [0.25, 0.3) is 0 Å². The molecule has 0 radical (unpaired) electrons. The van der Waals surface area contributed by atoms with Crippen molar-refractivity contribution < 1.29 is 0 Å². The van der Waals surface area contributed by atoms with E-state index in [1.54, 1.807) is 6.07 Å². The van der Waals surface area contributed by atoms with Crippen LogP contribution in [0.15, 0.2) is 6.07 Å². The van der Waals surface area contributed by atoms with Crippen LogP contribution >= 0.6 is 23.2 Å². The van der Waals surface area contributed by atoms with E-state index in [1.807, 2.05) is 6.92 Å². The SMILES string of the molecule is CC(Cl)c1nc(Cl)cc(C(C)(C)C)n1. The number of alkyl halides is 1. The first-order valence-electron chi connectivity index (χ1n) is 4.50. The van der Waals surface area contributed by atoms with Gasteiger partial charge in [-0.3, -0.25) is 0 Å². The molecule has 0 bridgehead atoms. The molecule has 0 spiro atoms. The third-order valence-electron chi connectivity index (χ3n) is 1.84. The zero-order valence-electron chi connectivity index (χ0n) is 8.81. The molecule has 1 heterocycles. The van der Waals surface area contributed by atoms with E-state index >= 15 is 0 Å². The number of hydrogen-bond acceptors (Lipinski definition) is 2. The maximum Gasteiger partial charge on any atom is 0.147 e. The lowest BCUT2D eigenvalue weighted by atomic mass is 9.92. The molecule has 0 N–H and O–H groups in total. The molecule has 4 heteroatoms. The summed E-state index contributed by atoms with van der Waals surface area (Å²) < 4.78 is 0. The van der Waals surface area contributed by atoms with Crippen LogP contribution in [0, 0.1) is 0 Å². The molecule has 2 nitrogen and oxygen atoms in total. The largest absolute Gasteiger partial charge is 0.236 e. The zero-order valence-corrected chi connectivity index (χ0v) is 10.3. The number of rotatable bonds is 1. The Morgan fingerprint density at radius 2 is 1.86 bits per heavy atom. The van der Waals surface area contributed by atoms with Crippen LogP contribution < -0.4 is 0 Å². The third kappa shape index (κ3) is 2.82. The molecule has 1 aromatic rings. The highest BCUT2D eigenvalue weighted by Gasteiger charge is 2.18. The van der Waals surface area contributed by atoms with E-state index in [0.717, 1.165) is 5.69 Å². The van der Waals surface area contributed by atoms with Gasteiger partial charge in [0.2, 0.25) is 0 Å². The number of aromatic nitrogens is 2. The van der Waals surface area contributed by atoms with Crippen LogP contribution in [-0.2, 0) is 5.41 Å². The Morgan fingerprint density at radius 1 is 1.29 bits per heavy atom. The second-order valence-electron chi connectivity index (χ2n) is 4.30. The van der Waals surface area contributed by atoms with Crippen LogP contribution in [-0.4, -0.2) is 9.97 Å². The molecule has 0 saturated heterocycles. The van der Waals surface area contributed by atoms with Gasteiger partial charge in [0.15, 0.2) is 0 Å². The standard InChI is InChI=1S/C10H14Cl2N2/c1-6(11)9-13-7(10(2,3)4)5-8(12)14-9/h5-6H,1-4H3. The van der Waals surface area contributed by atoms with Gasteiger partial charge in [0.05, 0.1) is 11.1 Å². The van der Waals surface area contributed by atoms with E-state index in [-0.39, 0.29) is 10.8 Å². The summed E-state index contributed by atoms with van der Waals surface area (Å²) >= 11 is 11.8. The van der Waals surface area contributed by atoms with Crippen molar-refractivity contribution in [3.63, 3.8) is 0 Å². The zero-order chi connectivity index (χ0) is 10.9. The first kappa shape index (κ1) is 11.7. The molecule has 0 fully saturated rings. The highest BCUT2D eigenvalue weighted by molar-refractivity contribution is 6.29. The van der Waals surface area contributed by atoms with Gasteiger partial charge >= 0.3 is 0 Å². The van der Waals surface area contributed by atoms with Gasteiger partial charge in [-0.1, -0.05) is 32.4 Å². The van der Waals surface area contributed by atoms with Crippen LogP contribution in [0.3, 0.4) is 0 Å². The lowest BCUT2D eigenvalue weighted by Crippen LogP contribution is -2.15. The van der Waals surface area contributed by atoms with Gasteiger partial charge in [0, 0.05) is 5.41 Å². The highest BCUT2D eigenvalue weighted by atomic mass is 35.5. The van der Waals surface area contributed by atoms with Crippen molar-refractivity contribution in [3.05, 3.63) is 22.7 Å². The summed E-state index contributed by atoms with van der Waals surface area (Å²) in [4.78, 5) is 8.45. The molecule has 14 heavy (non-hydrogen) atoms. The molecule has 0 saturated carbocycles. The van der Waals surface area contributed by atoms with Gasteiger partial charge in [0.25, 0.3) is 0 Å². The van der Waals surface area contributed by atoms with Crippen molar-refractivity contribution >= 4 is 23.2 Å². The molecule has 1 rings (SSSR count). The molecule has 1 unspecified atom stereocenters. The van der Waals surface area contributed by atoms with Crippen molar-refractivity contribution in [3.8, 4) is 0 Å². The van der Waals surface area contributed by atoms with Gasteiger partial charge in [-0.25, -0.2) is 9.97 Å². The smallest absolute Gasteiger partial charge is 0.147 e. The van der Waals surface area contributed by atoms with Gasteiger partial charge in [-0.15, -0.1) is 11.6 Å². The molecule has 78 valence electrons. The summed E-state index contributed by atoms with van der Waals surface area (Å²) in [5, 5.41) is 0.238. The average molecular weight is 233 g/mol. The summed E-state index contributed by atoms with van der Waals surface area (Å²) in [6.07, 6.45) is 0. The lowest BCUT2D eigenvalue weighted by molar-refractivity contribution is 0.562. The van der Waals surface area contributed by atoms with E-state index in [4.69, 9.17) is 23.2 Å². The van der Waals surface area contributed by atoms with E-state index in [0.29, 0.717) is 11.0 Å². The molecule has 0 amide bonds. The van der Waals surface area contributed by atoms with Gasteiger partial charge < -0.3 is 0 Å². The Balaban J connectivity index is 3.21. The normalized spacial score (nSPS) is 14.1. The monoisotopic (exact) mass is 232 g/mol. The molecule has 0 aliphatic carbocycles. The summed E-state index contributed by atoms with van der Waals surface area (Å²) in [5.74, 6) is 0.587. The minimum atomic E-state index is -0.213. The molecule has 0 aliphatic rings. The Kier molecular flexibility index (Phi) is 3.38. The molecular weight excluding hydrogens is 219 g/mol. The second-order valence-corrected chi connectivity index (χ2v) is 5.34. The molecule has 1 aromatic heterocycles. The predicted octanol–water partition coefficient (Wildman–Crippen LogP) is 3.73. The minimum Gasteiger partial charge on any atom is -0.236 e. The quantitative estimate of drug-likeness (QED) is 0.545. The lowest BCUT2D eigenvalue weighted by Gasteiger charge is -2.18. The summed E-state index contributed by atoms with van der Waals surface area (Å²) in [7, 11) is 0. The molecule has 0 aromatic carbocycles. The Morgan fingerprint density at radius 3 is 2.29 bits per heavy atom. The third-order valence-corrected chi connectivity index (χ3v) is 2.23. The van der Waals surface area contributed by atoms with Crippen molar-refractivity contribution in [2.75, 3.05) is 0 Å². The first-order valence-corrected chi connectivity index (χ1v) is 5.31. The topological polar surface area (TPSA) is 25.8 Å². The Labute approximate surface area is 94.7 Å². The fourth-order valence-electron chi connectivity index (χ4n) is 0.997. The Hall–Kier alpha value is -0.340. The minimum absolute atomic E-state index is 0.0346. The second kappa shape index (κ2) is 4.03. The maximum absolute atomic E-state index is 5.91. The van der Waals surface area contributed by atoms with Crippen LogP contribution in [0.1, 0.15) is 44.6 Å². The fourth-order valence-corrected chi connectivity index (χ4v) is 1.28. The molecular formula is C10H14Cl2N2. The van der Waals surface area contributed by atoms with Crippen LogP contribution in [0.5, 0.6) is 0 Å². The number of nitrogens with zero attached hydrogens (tertiary/aromatic N) is 2. The van der Waals surface area contributed by atoms with Crippen molar-refractivity contribution in [2.45, 2.75) is 38.5 Å². The van der Waals surface area contributed by atoms with Crippen molar-refractivity contribution in [2.24, 2.45) is 0 Å². The molecule has 0 aliphatic heterocycles. The Bertz CT molecular complexity index is 329. The van der Waals surface area contributed by atoms with E-state index < -0.39 is 0 Å². The van der Waals surface area contributed by atoms with E-state index in [1.165, 1.54) is 0 Å². The highest BCUT2D eigenvalue weighted by Crippen LogP contribution is 2.25. The predicted molar refractivity (Wildman–Crippen MR) is 60.0 cm³/mol. The van der Waals surface area contributed by atoms with Crippen molar-refractivity contribution in [1.29, 1.82) is 0 Å². The van der Waals surface area contributed by atoms with Crippen LogP contribution in [0.2, 0.25) is 5.15 Å². The van der Waals surface area contributed by atoms with Gasteiger partial charge in [0.1, 0.15) is 11.0 Å². The average Bonchev–Trinajstić information content (AvgIpc) is 2.01. The first-order chi connectivity index (χ1) is 6.30. The summed E-state index contributed by atoms with van der Waals surface area (Å²) in [6.45, 7) is 8.07. The number of halogens is 2.